The zero-order chi connectivity index (χ0) is 17.7. The Labute approximate surface area is 151 Å². The first-order valence-electron chi connectivity index (χ1n) is 9.88. The summed E-state index contributed by atoms with van der Waals surface area (Å²) in [6, 6.07) is 10.3. The second-order valence-electron chi connectivity index (χ2n) is 7.18. The maximum atomic E-state index is 6.48. The fraction of sp³-hybridized carbons (Fsp3) is 0.714. The van der Waals surface area contributed by atoms with Crippen molar-refractivity contribution in [2.75, 3.05) is 0 Å². The normalized spacial score (nSPS) is 34.4. The summed E-state index contributed by atoms with van der Waals surface area (Å²) < 4.78 is 25.2. The third-order valence-electron chi connectivity index (χ3n) is 5.18. The molecule has 1 unspecified atom stereocenters. The number of rotatable bonds is 9. The van der Waals surface area contributed by atoms with Gasteiger partial charge >= 0.3 is 0 Å². The van der Waals surface area contributed by atoms with Crippen LogP contribution >= 0.6 is 0 Å². The van der Waals surface area contributed by atoms with Crippen LogP contribution in [0.1, 0.15) is 64.9 Å². The molecule has 0 radical (unpaired) electrons. The number of benzene rings is 1. The van der Waals surface area contributed by atoms with Gasteiger partial charge in [-0.1, -0.05) is 63.9 Å². The highest BCUT2D eigenvalue weighted by molar-refractivity contribution is 5.13. The first-order valence-corrected chi connectivity index (χ1v) is 9.88. The summed E-state index contributed by atoms with van der Waals surface area (Å²) in [5.74, 6) is -0.493. The molecule has 0 spiro atoms. The number of unbranched alkanes of at least 4 members (excludes halogenated alkanes) is 1. The minimum Gasteiger partial charge on any atom is -0.368 e. The molecule has 5 atom stereocenters. The van der Waals surface area contributed by atoms with Crippen LogP contribution in [-0.2, 0) is 25.6 Å². The van der Waals surface area contributed by atoms with Gasteiger partial charge in [0.25, 0.3) is 0 Å². The van der Waals surface area contributed by atoms with Gasteiger partial charge in [-0.15, -0.1) is 0 Å². The van der Waals surface area contributed by atoms with Gasteiger partial charge in [0, 0.05) is 12.8 Å². The van der Waals surface area contributed by atoms with Crippen LogP contribution in [0, 0.1) is 0 Å². The molecule has 4 heteroatoms. The van der Waals surface area contributed by atoms with Gasteiger partial charge in [-0.05, 0) is 18.4 Å². The number of hydrogen-bond acceptors (Lipinski definition) is 4. The van der Waals surface area contributed by atoms with E-state index in [1.54, 1.807) is 0 Å². The van der Waals surface area contributed by atoms with Crippen LogP contribution in [0.2, 0.25) is 0 Å². The Hall–Kier alpha value is -0.940. The van der Waals surface area contributed by atoms with Crippen LogP contribution in [0.25, 0.3) is 0 Å². The van der Waals surface area contributed by atoms with Crippen molar-refractivity contribution in [3.05, 3.63) is 35.9 Å². The topological polar surface area (TPSA) is 36.9 Å². The Morgan fingerprint density at radius 1 is 1.00 bits per heavy atom. The molecule has 0 N–H and O–H groups in total. The highest BCUT2D eigenvalue weighted by Gasteiger charge is 2.57. The van der Waals surface area contributed by atoms with E-state index in [0.29, 0.717) is 6.61 Å². The van der Waals surface area contributed by atoms with Gasteiger partial charge in [0.05, 0.1) is 12.7 Å². The Balaban J connectivity index is 1.67. The van der Waals surface area contributed by atoms with Crippen LogP contribution in [0.15, 0.2) is 30.3 Å². The molecule has 1 aromatic rings. The van der Waals surface area contributed by atoms with E-state index in [9.17, 15) is 0 Å². The fourth-order valence-corrected chi connectivity index (χ4v) is 3.88. The van der Waals surface area contributed by atoms with E-state index in [-0.39, 0.29) is 24.6 Å². The van der Waals surface area contributed by atoms with Gasteiger partial charge in [0.15, 0.2) is 12.1 Å². The van der Waals surface area contributed by atoms with Crippen molar-refractivity contribution in [2.45, 2.75) is 96.3 Å². The molecule has 4 nitrogen and oxygen atoms in total. The second-order valence-corrected chi connectivity index (χ2v) is 7.18. The number of hydrogen-bond donors (Lipinski definition) is 0. The van der Waals surface area contributed by atoms with Gasteiger partial charge in [-0.3, -0.25) is 0 Å². The predicted molar refractivity (Wildman–Crippen MR) is 97.1 cm³/mol. The van der Waals surface area contributed by atoms with Crippen molar-refractivity contribution >= 4 is 0 Å². The summed E-state index contributed by atoms with van der Waals surface area (Å²) >= 11 is 0. The molecule has 0 aromatic heterocycles. The van der Waals surface area contributed by atoms with Crippen LogP contribution in [0.4, 0.5) is 0 Å². The first kappa shape index (κ1) is 18.8. The summed E-state index contributed by atoms with van der Waals surface area (Å²) in [7, 11) is 0. The average molecular weight is 348 g/mol. The third kappa shape index (κ3) is 4.25. The van der Waals surface area contributed by atoms with E-state index in [1.165, 1.54) is 5.56 Å². The van der Waals surface area contributed by atoms with Crippen molar-refractivity contribution < 1.29 is 18.9 Å². The molecule has 0 aliphatic carbocycles. The number of ether oxygens (including phenoxy) is 4. The van der Waals surface area contributed by atoms with E-state index in [4.69, 9.17) is 18.9 Å². The first-order chi connectivity index (χ1) is 12.2. The van der Waals surface area contributed by atoms with Gasteiger partial charge in [-0.2, -0.15) is 0 Å². The minimum absolute atomic E-state index is 0.0320. The molecule has 2 heterocycles. The summed E-state index contributed by atoms with van der Waals surface area (Å²) in [6.07, 6.45) is 5.55. The molecule has 1 aromatic carbocycles. The SMILES string of the molecule is CCCCC1(CCC)O[C@H]2O[C@H](CC)[C@H](OCc3ccccc3)[C@H]2O1. The average Bonchev–Trinajstić information content (AvgIpc) is 3.13. The summed E-state index contributed by atoms with van der Waals surface area (Å²) in [6.45, 7) is 7.08. The lowest BCUT2D eigenvalue weighted by Crippen LogP contribution is -2.38. The Bertz CT molecular complexity index is 520. The Morgan fingerprint density at radius 3 is 2.48 bits per heavy atom. The highest BCUT2D eigenvalue weighted by atomic mass is 16.8. The smallest absolute Gasteiger partial charge is 0.190 e. The van der Waals surface area contributed by atoms with Gasteiger partial charge in [0.1, 0.15) is 12.2 Å². The van der Waals surface area contributed by atoms with Crippen molar-refractivity contribution in [3.8, 4) is 0 Å². The van der Waals surface area contributed by atoms with Crippen LogP contribution in [0.3, 0.4) is 0 Å². The van der Waals surface area contributed by atoms with E-state index in [2.05, 4.69) is 32.9 Å². The lowest BCUT2D eigenvalue weighted by atomic mass is 10.0. The van der Waals surface area contributed by atoms with Gasteiger partial charge in [0.2, 0.25) is 0 Å². The predicted octanol–water partition coefficient (Wildman–Crippen LogP) is 4.81. The van der Waals surface area contributed by atoms with E-state index >= 15 is 0 Å². The van der Waals surface area contributed by atoms with E-state index < -0.39 is 5.79 Å². The molecule has 2 aliphatic rings. The lowest BCUT2D eigenvalue weighted by molar-refractivity contribution is -0.243. The maximum absolute atomic E-state index is 6.48. The van der Waals surface area contributed by atoms with Crippen molar-refractivity contribution in [2.24, 2.45) is 0 Å². The monoisotopic (exact) mass is 348 g/mol. The lowest BCUT2D eigenvalue weighted by Gasteiger charge is -2.31. The van der Waals surface area contributed by atoms with E-state index in [0.717, 1.165) is 38.5 Å². The highest BCUT2D eigenvalue weighted by Crippen LogP contribution is 2.44. The standard InChI is InChI=1S/C21H32O4/c1-4-7-14-21(13-5-2)24-19-18(17(6-3)23-20(19)25-21)22-15-16-11-9-8-10-12-16/h8-12,17-20H,4-7,13-15H2,1-3H3/t17-,18+,19-,20-,21?/m1/s1. The van der Waals surface area contributed by atoms with Crippen LogP contribution in [0.5, 0.6) is 0 Å². The molecule has 140 valence electrons. The summed E-state index contributed by atoms with van der Waals surface area (Å²) in [5, 5.41) is 0. The molecule has 0 saturated carbocycles. The van der Waals surface area contributed by atoms with Crippen LogP contribution in [-0.4, -0.2) is 30.4 Å². The zero-order valence-electron chi connectivity index (χ0n) is 15.8. The molecule has 0 amide bonds. The number of fused-ring (bicyclic) bond motifs is 1. The van der Waals surface area contributed by atoms with Crippen molar-refractivity contribution in [1.29, 1.82) is 0 Å². The van der Waals surface area contributed by atoms with E-state index in [1.807, 2.05) is 18.2 Å². The summed E-state index contributed by atoms with van der Waals surface area (Å²) in [4.78, 5) is 0. The zero-order valence-corrected chi connectivity index (χ0v) is 15.8. The Kier molecular flexibility index (Phi) is 6.50. The second kappa shape index (κ2) is 8.63. The quantitative estimate of drug-likeness (QED) is 0.642. The Morgan fingerprint density at radius 2 is 1.80 bits per heavy atom. The molecule has 2 aliphatic heterocycles. The van der Waals surface area contributed by atoms with Crippen LogP contribution < -0.4 is 0 Å². The van der Waals surface area contributed by atoms with Gasteiger partial charge < -0.3 is 18.9 Å². The van der Waals surface area contributed by atoms with Crippen molar-refractivity contribution in [1.82, 2.24) is 0 Å². The fourth-order valence-electron chi connectivity index (χ4n) is 3.88. The van der Waals surface area contributed by atoms with Crippen molar-refractivity contribution in [3.63, 3.8) is 0 Å². The van der Waals surface area contributed by atoms with Gasteiger partial charge in [-0.25, -0.2) is 0 Å². The molecule has 0 bridgehead atoms. The molecule has 25 heavy (non-hydrogen) atoms. The summed E-state index contributed by atoms with van der Waals surface area (Å²) in [5.41, 5.74) is 1.17. The largest absolute Gasteiger partial charge is 0.368 e. The third-order valence-corrected chi connectivity index (χ3v) is 5.18. The minimum atomic E-state index is -0.493. The molecule has 2 saturated heterocycles. The molecule has 2 fully saturated rings. The molecular weight excluding hydrogens is 316 g/mol. The molecule has 3 rings (SSSR count). The maximum Gasteiger partial charge on any atom is 0.190 e. The molecular formula is C21H32O4.